The Hall–Kier alpha value is -4.61. The van der Waals surface area contributed by atoms with Crippen LogP contribution in [0.1, 0.15) is 48.6 Å². The van der Waals surface area contributed by atoms with Gasteiger partial charge >= 0.3 is 6.03 Å². The number of nitriles is 1. The van der Waals surface area contributed by atoms with E-state index in [1.165, 1.54) is 0 Å². The Morgan fingerprint density at radius 1 is 1.00 bits per heavy atom. The van der Waals surface area contributed by atoms with Gasteiger partial charge in [0.1, 0.15) is 0 Å². The molecule has 0 radical (unpaired) electrons. The molecular formula is C32H28F2N4O2. The summed E-state index contributed by atoms with van der Waals surface area (Å²) in [6, 6.07) is 21.0. The fourth-order valence-electron chi connectivity index (χ4n) is 5.39. The predicted octanol–water partition coefficient (Wildman–Crippen LogP) is 6.78. The van der Waals surface area contributed by atoms with Crippen molar-refractivity contribution in [1.82, 2.24) is 10.3 Å². The maximum atomic E-state index is 14.2. The Morgan fingerprint density at radius 2 is 1.70 bits per heavy atom. The molecule has 1 aromatic heterocycles. The number of aromatic nitrogens is 1. The lowest BCUT2D eigenvalue weighted by atomic mass is 9.69. The number of nitrogens with zero attached hydrogens (tertiary/aromatic N) is 2. The number of nitrogens with one attached hydrogen (secondary N) is 2. The van der Waals surface area contributed by atoms with E-state index >= 15 is 0 Å². The normalized spacial score (nSPS) is 17.4. The maximum absolute atomic E-state index is 14.2. The minimum Gasteiger partial charge on any atom is -0.391 e. The topological polar surface area (TPSA) is 98.0 Å². The number of carbonyl (C=O) groups excluding carboxylic acids is 1. The Bertz CT molecular complexity index is 1650. The van der Waals surface area contributed by atoms with Crippen LogP contribution in [-0.4, -0.2) is 22.2 Å². The molecule has 0 aliphatic heterocycles. The van der Waals surface area contributed by atoms with Crippen molar-refractivity contribution in [2.24, 2.45) is 0 Å². The average Bonchev–Trinajstić information content (AvgIpc) is 2.92. The SMILES string of the molecule is Cc1cc(NC(=O)N[C@@H]2c3cc(F)c(F)cc3C(C)(C)C[C@H]2O)c(-c2ccccc2)nc1-c1cccc(C#N)c1. The molecule has 2 atom stereocenters. The summed E-state index contributed by atoms with van der Waals surface area (Å²) < 4.78 is 28.3. The molecule has 0 saturated carbocycles. The van der Waals surface area contributed by atoms with E-state index in [9.17, 15) is 23.9 Å². The third kappa shape index (κ3) is 5.16. The summed E-state index contributed by atoms with van der Waals surface area (Å²) in [5.74, 6) is -2.01. The average molecular weight is 539 g/mol. The van der Waals surface area contributed by atoms with Crippen LogP contribution in [0.25, 0.3) is 22.5 Å². The second-order valence-electron chi connectivity index (χ2n) is 10.7. The van der Waals surface area contributed by atoms with Crippen LogP contribution in [-0.2, 0) is 5.41 Å². The molecule has 4 aromatic rings. The first-order valence-electron chi connectivity index (χ1n) is 12.9. The molecule has 0 saturated heterocycles. The predicted molar refractivity (Wildman–Crippen MR) is 149 cm³/mol. The molecule has 1 aliphatic carbocycles. The molecule has 8 heteroatoms. The van der Waals surface area contributed by atoms with Gasteiger partial charge in [0.15, 0.2) is 11.6 Å². The molecule has 202 valence electrons. The molecule has 3 aromatic carbocycles. The molecular weight excluding hydrogens is 510 g/mol. The van der Waals surface area contributed by atoms with Gasteiger partial charge in [0.2, 0.25) is 0 Å². The Balaban J connectivity index is 1.51. The minimum atomic E-state index is -1.04. The number of benzene rings is 3. The molecule has 6 nitrogen and oxygen atoms in total. The summed E-state index contributed by atoms with van der Waals surface area (Å²) in [6.45, 7) is 5.55. The van der Waals surface area contributed by atoms with E-state index in [1.54, 1.807) is 24.3 Å². The van der Waals surface area contributed by atoms with Crippen molar-refractivity contribution in [2.45, 2.75) is 44.8 Å². The van der Waals surface area contributed by atoms with Crippen molar-refractivity contribution in [1.29, 1.82) is 5.26 Å². The van der Waals surface area contributed by atoms with Crippen LogP contribution < -0.4 is 10.6 Å². The van der Waals surface area contributed by atoms with Crippen LogP contribution in [0, 0.1) is 29.9 Å². The number of amides is 2. The molecule has 5 rings (SSSR count). The van der Waals surface area contributed by atoms with Crippen molar-refractivity contribution in [3.63, 3.8) is 0 Å². The van der Waals surface area contributed by atoms with Crippen molar-refractivity contribution in [3.05, 3.63) is 107 Å². The Morgan fingerprint density at radius 3 is 2.42 bits per heavy atom. The summed E-state index contributed by atoms with van der Waals surface area (Å²) in [7, 11) is 0. The number of urea groups is 1. The zero-order valence-electron chi connectivity index (χ0n) is 22.3. The molecule has 2 amide bonds. The number of pyridine rings is 1. The number of halogens is 2. The molecule has 0 unspecified atom stereocenters. The van der Waals surface area contributed by atoms with E-state index in [0.29, 0.717) is 33.8 Å². The highest BCUT2D eigenvalue weighted by Crippen LogP contribution is 2.42. The van der Waals surface area contributed by atoms with Crippen LogP contribution in [0.15, 0.2) is 72.8 Å². The highest BCUT2D eigenvalue weighted by atomic mass is 19.2. The fourth-order valence-corrected chi connectivity index (χ4v) is 5.39. The van der Waals surface area contributed by atoms with Gasteiger partial charge in [0.05, 0.1) is 40.9 Å². The third-order valence-corrected chi connectivity index (χ3v) is 7.32. The number of anilines is 1. The molecule has 0 spiro atoms. The molecule has 40 heavy (non-hydrogen) atoms. The largest absolute Gasteiger partial charge is 0.391 e. The zero-order valence-corrected chi connectivity index (χ0v) is 22.3. The lowest BCUT2D eigenvalue weighted by Crippen LogP contribution is -2.45. The van der Waals surface area contributed by atoms with Gasteiger partial charge in [0, 0.05) is 11.1 Å². The lowest BCUT2D eigenvalue weighted by Gasteiger charge is -2.40. The minimum absolute atomic E-state index is 0.252. The van der Waals surface area contributed by atoms with E-state index in [4.69, 9.17) is 4.98 Å². The number of aryl methyl sites for hydroxylation is 1. The quantitative estimate of drug-likeness (QED) is 0.267. The number of rotatable bonds is 4. The first-order valence-corrected chi connectivity index (χ1v) is 12.9. The Labute approximate surface area is 231 Å². The van der Waals surface area contributed by atoms with E-state index in [0.717, 1.165) is 28.8 Å². The van der Waals surface area contributed by atoms with E-state index in [-0.39, 0.29) is 6.42 Å². The van der Waals surface area contributed by atoms with Crippen LogP contribution in [0.4, 0.5) is 19.3 Å². The van der Waals surface area contributed by atoms with Gasteiger partial charge in [-0.15, -0.1) is 0 Å². The van der Waals surface area contributed by atoms with E-state index in [2.05, 4.69) is 16.7 Å². The highest BCUT2D eigenvalue weighted by molar-refractivity contribution is 5.94. The van der Waals surface area contributed by atoms with Gasteiger partial charge in [0.25, 0.3) is 0 Å². The summed E-state index contributed by atoms with van der Waals surface area (Å²) in [5, 5.41) is 25.9. The van der Waals surface area contributed by atoms with Gasteiger partial charge in [-0.3, -0.25) is 0 Å². The van der Waals surface area contributed by atoms with Crippen molar-refractivity contribution in [3.8, 4) is 28.6 Å². The van der Waals surface area contributed by atoms with Crippen LogP contribution >= 0.6 is 0 Å². The summed E-state index contributed by atoms with van der Waals surface area (Å²) in [6.07, 6.45) is -0.760. The van der Waals surface area contributed by atoms with Gasteiger partial charge in [-0.25, -0.2) is 18.6 Å². The number of fused-ring (bicyclic) bond motifs is 1. The van der Waals surface area contributed by atoms with Crippen LogP contribution in [0.3, 0.4) is 0 Å². The second kappa shape index (κ2) is 10.5. The van der Waals surface area contributed by atoms with Gasteiger partial charge in [-0.2, -0.15) is 5.26 Å². The van der Waals surface area contributed by atoms with Crippen molar-refractivity contribution in [2.75, 3.05) is 5.32 Å². The number of aliphatic hydroxyl groups excluding tert-OH is 1. The zero-order chi connectivity index (χ0) is 28.6. The van der Waals surface area contributed by atoms with Crippen LogP contribution in [0.5, 0.6) is 0 Å². The van der Waals surface area contributed by atoms with Crippen molar-refractivity contribution < 1.29 is 18.7 Å². The summed E-state index contributed by atoms with van der Waals surface area (Å²) in [5.41, 5.74) is 4.67. The number of hydrogen-bond donors (Lipinski definition) is 3. The number of carbonyl (C=O) groups is 1. The van der Waals surface area contributed by atoms with Gasteiger partial charge in [-0.05, 0) is 65.8 Å². The molecule has 0 fully saturated rings. The van der Waals surface area contributed by atoms with Gasteiger partial charge < -0.3 is 15.7 Å². The smallest absolute Gasteiger partial charge is 0.319 e. The maximum Gasteiger partial charge on any atom is 0.319 e. The standard InChI is InChI=1S/C32H28F2N4O2/c1-18-12-26(29(20-9-5-4-6-10-20)37-28(18)21-11-7-8-19(13-21)17-35)36-31(40)38-30-22-14-24(33)25(34)15-23(22)32(2,3)16-27(30)39/h4-15,27,30,39H,16H2,1-3H3,(H2,36,38,40)/t27-,30-/m1/s1. The first-order chi connectivity index (χ1) is 19.1. The lowest BCUT2D eigenvalue weighted by molar-refractivity contribution is 0.0878. The highest BCUT2D eigenvalue weighted by Gasteiger charge is 2.40. The Kier molecular flexibility index (Phi) is 7.09. The van der Waals surface area contributed by atoms with E-state index in [1.807, 2.05) is 57.2 Å². The molecule has 1 heterocycles. The van der Waals surface area contributed by atoms with Crippen molar-refractivity contribution >= 4 is 11.7 Å². The fraction of sp³-hybridized carbons (Fsp3) is 0.219. The molecule has 0 bridgehead atoms. The molecule has 1 aliphatic rings. The number of aliphatic hydroxyl groups is 1. The van der Waals surface area contributed by atoms with E-state index < -0.39 is 35.2 Å². The summed E-state index contributed by atoms with van der Waals surface area (Å²) in [4.78, 5) is 18.2. The van der Waals surface area contributed by atoms with Gasteiger partial charge in [-0.1, -0.05) is 56.3 Å². The van der Waals surface area contributed by atoms with Crippen LogP contribution in [0.2, 0.25) is 0 Å². The summed E-state index contributed by atoms with van der Waals surface area (Å²) >= 11 is 0. The second-order valence-corrected chi connectivity index (χ2v) is 10.7. The number of hydrogen-bond acceptors (Lipinski definition) is 4. The first kappa shape index (κ1) is 27.0. The third-order valence-electron chi connectivity index (χ3n) is 7.32. The monoisotopic (exact) mass is 538 g/mol. The molecule has 3 N–H and O–H groups in total.